The number of hydrogen-bond acceptors (Lipinski definition) is 4. The van der Waals surface area contributed by atoms with E-state index in [-0.39, 0.29) is 25.1 Å². The van der Waals surface area contributed by atoms with Gasteiger partial charge in [0.1, 0.15) is 0 Å². The smallest absolute Gasteiger partial charge is 0.324 e. The molecule has 0 atom stereocenters. The van der Waals surface area contributed by atoms with Gasteiger partial charge in [0.25, 0.3) is 0 Å². The molecule has 1 aliphatic rings. The van der Waals surface area contributed by atoms with Gasteiger partial charge in [-0.05, 0) is 32.9 Å². The first-order valence-corrected chi connectivity index (χ1v) is 6.02. The number of urea groups is 1. The minimum Gasteiger partial charge on any atom is -0.396 e. The maximum atomic E-state index is 11.7. The van der Waals surface area contributed by atoms with Gasteiger partial charge in [-0.2, -0.15) is 0 Å². The Balaban J connectivity index is 2.19. The molecule has 6 nitrogen and oxygen atoms in total. The molecule has 1 rings (SSSR count). The lowest BCUT2D eigenvalue weighted by Crippen LogP contribution is -2.41. The molecule has 1 heterocycles. The van der Waals surface area contributed by atoms with Crippen molar-refractivity contribution in [3.63, 3.8) is 0 Å². The number of hydrogen-bond donors (Lipinski definition) is 2. The summed E-state index contributed by atoms with van der Waals surface area (Å²) in [6, 6.07) is -0.288. The molecule has 17 heavy (non-hydrogen) atoms. The lowest BCUT2D eigenvalue weighted by molar-refractivity contribution is -0.128. The van der Waals surface area contributed by atoms with Gasteiger partial charge in [0.2, 0.25) is 5.91 Å². The third kappa shape index (κ3) is 4.70. The van der Waals surface area contributed by atoms with Crippen molar-refractivity contribution in [1.82, 2.24) is 15.1 Å². The molecule has 2 N–H and O–H groups in total. The van der Waals surface area contributed by atoms with Gasteiger partial charge in [-0.25, -0.2) is 4.79 Å². The van der Waals surface area contributed by atoms with Crippen molar-refractivity contribution >= 4 is 11.9 Å². The van der Waals surface area contributed by atoms with Crippen LogP contribution in [0.25, 0.3) is 0 Å². The molecule has 0 spiro atoms. The van der Waals surface area contributed by atoms with Crippen LogP contribution in [0.4, 0.5) is 4.79 Å². The lowest BCUT2D eigenvalue weighted by atomic mass is 10.2. The van der Waals surface area contributed by atoms with Crippen molar-refractivity contribution in [1.29, 1.82) is 0 Å². The first-order chi connectivity index (χ1) is 8.15. The fourth-order valence-corrected chi connectivity index (χ4v) is 1.78. The number of rotatable bonds is 7. The molecule has 6 heteroatoms. The standard InChI is InChI=1S/C11H21N3O3/c1-13(6-3-2-4-8-15)9-10(16)14-7-5-12-11(14)17/h15H,2-9H2,1H3,(H,12,17). The van der Waals surface area contributed by atoms with Crippen molar-refractivity contribution in [2.75, 3.05) is 39.8 Å². The summed E-state index contributed by atoms with van der Waals surface area (Å²) in [6.45, 7) is 2.31. The van der Waals surface area contributed by atoms with Crippen LogP contribution in [0.3, 0.4) is 0 Å². The van der Waals surface area contributed by atoms with Crippen molar-refractivity contribution in [2.45, 2.75) is 19.3 Å². The number of aliphatic hydroxyl groups is 1. The van der Waals surface area contributed by atoms with Crippen LogP contribution < -0.4 is 5.32 Å². The Hall–Kier alpha value is -1.14. The maximum Gasteiger partial charge on any atom is 0.324 e. The van der Waals surface area contributed by atoms with Gasteiger partial charge in [0.05, 0.1) is 6.54 Å². The molecule has 1 saturated heterocycles. The van der Waals surface area contributed by atoms with Crippen LogP contribution in [-0.4, -0.2) is 66.7 Å². The molecule has 0 radical (unpaired) electrons. The number of unbranched alkanes of at least 4 members (excludes halogenated alkanes) is 2. The number of nitrogens with one attached hydrogen (secondary N) is 1. The number of aliphatic hydroxyl groups excluding tert-OH is 1. The third-order valence-electron chi connectivity index (χ3n) is 2.76. The van der Waals surface area contributed by atoms with Crippen LogP contribution in [0.5, 0.6) is 0 Å². The monoisotopic (exact) mass is 243 g/mol. The van der Waals surface area contributed by atoms with E-state index in [9.17, 15) is 9.59 Å². The number of likely N-dealkylation sites (N-methyl/N-ethyl adjacent to an activating group) is 1. The van der Waals surface area contributed by atoms with E-state index >= 15 is 0 Å². The minimum absolute atomic E-state index is 0.148. The topological polar surface area (TPSA) is 72.9 Å². The number of carbonyl (C=O) groups excluding carboxylic acids is 2. The highest BCUT2D eigenvalue weighted by atomic mass is 16.3. The van der Waals surface area contributed by atoms with Gasteiger partial charge >= 0.3 is 6.03 Å². The van der Waals surface area contributed by atoms with Crippen LogP contribution in [0, 0.1) is 0 Å². The van der Waals surface area contributed by atoms with Crippen molar-refractivity contribution < 1.29 is 14.7 Å². The SMILES string of the molecule is CN(CCCCCO)CC(=O)N1CCNC1=O. The van der Waals surface area contributed by atoms with E-state index in [0.29, 0.717) is 13.1 Å². The summed E-state index contributed by atoms with van der Waals surface area (Å²) in [5.41, 5.74) is 0. The molecule has 0 bridgehead atoms. The molecule has 98 valence electrons. The lowest BCUT2D eigenvalue weighted by Gasteiger charge is -2.19. The summed E-state index contributed by atoms with van der Waals surface area (Å²) < 4.78 is 0. The van der Waals surface area contributed by atoms with Crippen molar-refractivity contribution in [3.8, 4) is 0 Å². The number of amides is 3. The zero-order valence-electron chi connectivity index (χ0n) is 10.3. The van der Waals surface area contributed by atoms with Crippen LogP contribution in [0.2, 0.25) is 0 Å². The third-order valence-corrected chi connectivity index (χ3v) is 2.76. The second-order valence-corrected chi connectivity index (χ2v) is 4.30. The Labute approximate surface area is 102 Å². The maximum absolute atomic E-state index is 11.7. The summed E-state index contributed by atoms with van der Waals surface area (Å²) in [5.74, 6) is -0.148. The minimum atomic E-state index is -0.288. The molecular formula is C11H21N3O3. The van der Waals surface area contributed by atoms with E-state index < -0.39 is 0 Å². The average Bonchev–Trinajstić information content (AvgIpc) is 2.71. The first-order valence-electron chi connectivity index (χ1n) is 6.02. The quantitative estimate of drug-likeness (QED) is 0.599. The average molecular weight is 243 g/mol. The predicted molar refractivity (Wildman–Crippen MR) is 63.5 cm³/mol. The Bertz CT molecular complexity index is 271. The molecule has 0 aliphatic carbocycles. The zero-order chi connectivity index (χ0) is 12.7. The van der Waals surface area contributed by atoms with E-state index in [2.05, 4.69) is 5.32 Å². The summed E-state index contributed by atoms with van der Waals surface area (Å²) in [5, 5.41) is 11.2. The second kappa shape index (κ2) is 7.24. The molecule has 0 unspecified atom stereocenters. The normalized spacial score (nSPS) is 15.5. The molecule has 1 fully saturated rings. The Kier molecular flexibility index (Phi) is 5.93. The summed E-state index contributed by atoms with van der Waals surface area (Å²) in [6.07, 6.45) is 2.71. The van der Waals surface area contributed by atoms with E-state index in [0.717, 1.165) is 25.8 Å². The molecule has 3 amide bonds. The Morgan fingerprint density at radius 3 is 2.82 bits per heavy atom. The van der Waals surface area contributed by atoms with Crippen LogP contribution >= 0.6 is 0 Å². The van der Waals surface area contributed by atoms with Gasteiger partial charge < -0.3 is 10.4 Å². The number of carbonyl (C=O) groups is 2. The molecule has 0 saturated carbocycles. The van der Waals surface area contributed by atoms with Crippen molar-refractivity contribution in [3.05, 3.63) is 0 Å². The fourth-order valence-electron chi connectivity index (χ4n) is 1.78. The predicted octanol–water partition coefficient (Wildman–Crippen LogP) is -0.367. The van der Waals surface area contributed by atoms with Crippen LogP contribution in [0.15, 0.2) is 0 Å². The van der Waals surface area contributed by atoms with Gasteiger partial charge in [-0.1, -0.05) is 0 Å². The van der Waals surface area contributed by atoms with E-state index in [1.165, 1.54) is 4.90 Å². The van der Waals surface area contributed by atoms with Gasteiger partial charge in [0, 0.05) is 19.7 Å². The first kappa shape index (κ1) is 13.9. The molecular weight excluding hydrogens is 222 g/mol. The summed E-state index contributed by atoms with van der Waals surface area (Å²) in [7, 11) is 1.87. The zero-order valence-corrected chi connectivity index (χ0v) is 10.3. The summed E-state index contributed by atoms with van der Waals surface area (Å²) >= 11 is 0. The molecule has 0 aromatic heterocycles. The highest BCUT2D eigenvalue weighted by Gasteiger charge is 2.26. The van der Waals surface area contributed by atoms with Crippen LogP contribution in [0.1, 0.15) is 19.3 Å². The summed E-state index contributed by atoms with van der Waals surface area (Å²) in [4.78, 5) is 26.1. The molecule has 1 aliphatic heterocycles. The number of imide groups is 1. The Morgan fingerprint density at radius 1 is 1.47 bits per heavy atom. The van der Waals surface area contributed by atoms with Crippen molar-refractivity contribution in [2.24, 2.45) is 0 Å². The molecule has 0 aromatic rings. The van der Waals surface area contributed by atoms with E-state index in [4.69, 9.17) is 5.11 Å². The molecule has 0 aromatic carbocycles. The second-order valence-electron chi connectivity index (χ2n) is 4.30. The number of nitrogens with zero attached hydrogens (tertiary/aromatic N) is 2. The van der Waals surface area contributed by atoms with Gasteiger partial charge in [0.15, 0.2) is 0 Å². The largest absolute Gasteiger partial charge is 0.396 e. The highest BCUT2D eigenvalue weighted by Crippen LogP contribution is 2.01. The van der Waals surface area contributed by atoms with Gasteiger partial charge in [-0.3, -0.25) is 14.6 Å². The Morgan fingerprint density at radius 2 is 2.24 bits per heavy atom. The van der Waals surface area contributed by atoms with E-state index in [1.54, 1.807) is 0 Å². The van der Waals surface area contributed by atoms with E-state index in [1.807, 2.05) is 11.9 Å². The van der Waals surface area contributed by atoms with Gasteiger partial charge in [-0.15, -0.1) is 0 Å². The van der Waals surface area contributed by atoms with Crippen LogP contribution in [-0.2, 0) is 4.79 Å². The highest BCUT2D eigenvalue weighted by molar-refractivity contribution is 5.96. The fraction of sp³-hybridized carbons (Fsp3) is 0.818.